The molecule has 182 valence electrons. The number of likely N-dealkylation sites (N-methyl/N-ethyl adjacent to an activating group) is 1. The number of anilines is 2. The first-order valence-corrected chi connectivity index (χ1v) is 11.6. The average molecular weight is 479 g/mol. The van der Waals surface area contributed by atoms with Crippen molar-refractivity contribution in [2.24, 2.45) is 0 Å². The zero-order valence-corrected chi connectivity index (χ0v) is 19.2. The lowest BCUT2D eigenvalue weighted by Gasteiger charge is -2.31. The maximum absolute atomic E-state index is 14.5. The number of rotatable bonds is 4. The lowest BCUT2D eigenvalue weighted by molar-refractivity contribution is -0.403. The van der Waals surface area contributed by atoms with Gasteiger partial charge in [0.2, 0.25) is 17.3 Å². The van der Waals surface area contributed by atoms with Crippen LogP contribution in [-0.4, -0.2) is 71.1 Å². The second-order valence-electron chi connectivity index (χ2n) is 9.40. The Morgan fingerprint density at radius 2 is 1.82 bits per heavy atom. The van der Waals surface area contributed by atoms with Crippen LogP contribution in [0.15, 0.2) is 18.3 Å². The van der Waals surface area contributed by atoms with Crippen LogP contribution < -0.4 is 15.1 Å². The van der Waals surface area contributed by atoms with E-state index in [2.05, 4.69) is 15.6 Å². The molecule has 2 unspecified atom stereocenters. The van der Waals surface area contributed by atoms with Crippen molar-refractivity contribution < 1.29 is 27.6 Å². The van der Waals surface area contributed by atoms with E-state index in [0.717, 1.165) is 32.1 Å². The Bertz CT molecular complexity index is 1110. The minimum absolute atomic E-state index is 0.0506. The van der Waals surface area contributed by atoms with E-state index in [1.807, 2.05) is 7.05 Å². The van der Waals surface area contributed by atoms with Crippen LogP contribution in [0.1, 0.15) is 32.1 Å². The predicted octanol–water partition coefficient (Wildman–Crippen LogP) is 3.09. The highest BCUT2D eigenvalue weighted by Crippen LogP contribution is 2.41. The van der Waals surface area contributed by atoms with Gasteiger partial charge in [-0.25, -0.2) is 18.2 Å². The fraction of sp³-hybridized carbons (Fsp3) is 0.522. The molecule has 0 bridgehead atoms. The smallest absolute Gasteiger partial charge is 0.393 e. The summed E-state index contributed by atoms with van der Waals surface area (Å²) in [5.74, 6) is -1.39. The SMILES string of the molecule is C[N+]1=C(Nc2c(F)cc(F)cc2F)[N+](C)(C2CCOC2)c2nc(NC3CCC(O)CC3)ncc21. The number of halogens is 3. The van der Waals surface area contributed by atoms with Gasteiger partial charge in [-0.05, 0) is 25.7 Å². The highest BCUT2D eigenvalue weighted by molar-refractivity contribution is 6.02. The third-order valence-corrected chi connectivity index (χ3v) is 7.22. The Kier molecular flexibility index (Phi) is 5.95. The van der Waals surface area contributed by atoms with E-state index in [4.69, 9.17) is 9.72 Å². The first kappa shape index (κ1) is 23.0. The molecule has 0 amide bonds. The largest absolute Gasteiger partial charge is 0.461 e. The van der Waals surface area contributed by atoms with Crippen LogP contribution in [0.4, 0.5) is 36.3 Å². The van der Waals surface area contributed by atoms with Crippen molar-refractivity contribution in [3.8, 4) is 0 Å². The number of fused-ring (bicyclic) bond motifs is 1. The van der Waals surface area contributed by atoms with Gasteiger partial charge < -0.3 is 15.2 Å². The summed E-state index contributed by atoms with van der Waals surface area (Å²) >= 11 is 0. The van der Waals surface area contributed by atoms with Crippen LogP contribution in [-0.2, 0) is 4.74 Å². The molecule has 5 rings (SSSR count). The Morgan fingerprint density at radius 3 is 2.47 bits per heavy atom. The van der Waals surface area contributed by atoms with E-state index in [1.165, 1.54) is 0 Å². The molecule has 2 fully saturated rings. The standard InChI is InChI=1S/C23H28F3N6O2/c1-31-19-11-27-22(28-14-3-5-16(33)6-4-14)30-21(19)32(2,15-7-8-34-12-15)23(31)29-20-17(25)9-13(24)10-18(20)26/h9-11,14-16,33H,3-8,12H2,1-2H3,(H,27,28,30)/q+1/p+1. The fourth-order valence-electron chi connectivity index (χ4n) is 5.19. The molecule has 3 aliphatic rings. The topological polar surface area (TPSA) is 82.3 Å². The molecule has 3 heterocycles. The molecule has 0 radical (unpaired) electrons. The van der Waals surface area contributed by atoms with Gasteiger partial charge in [-0.15, -0.1) is 0 Å². The van der Waals surface area contributed by atoms with Gasteiger partial charge in [0.1, 0.15) is 11.9 Å². The predicted molar refractivity (Wildman–Crippen MR) is 122 cm³/mol. The van der Waals surface area contributed by atoms with Gasteiger partial charge in [0.05, 0.1) is 39.6 Å². The third-order valence-electron chi connectivity index (χ3n) is 7.22. The molecule has 34 heavy (non-hydrogen) atoms. The molecular weight excluding hydrogens is 449 g/mol. The number of aliphatic hydroxyl groups is 1. The second-order valence-corrected chi connectivity index (χ2v) is 9.40. The number of guanidine groups is 1. The Balaban J connectivity index is 1.52. The minimum Gasteiger partial charge on any atom is -0.393 e. The van der Waals surface area contributed by atoms with E-state index < -0.39 is 23.1 Å². The lowest BCUT2D eigenvalue weighted by Crippen LogP contribution is -2.61. The monoisotopic (exact) mass is 478 g/mol. The molecule has 0 spiro atoms. The number of nitrogens with zero attached hydrogens (tertiary/aromatic N) is 4. The van der Waals surface area contributed by atoms with Crippen LogP contribution in [0.5, 0.6) is 0 Å². The first-order valence-electron chi connectivity index (χ1n) is 11.6. The molecule has 1 aromatic heterocycles. The van der Waals surface area contributed by atoms with E-state index in [0.29, 0.717) is 48.8 Å². The maximum Gasteiger partial charge on any atom is 0.461 e. The van der Waals surface area contributed by atoms with Crippen molar-refractivity contribution in [1.29, 1.82) is 0 Å². The molecule has 1 saturated heterocycles. The number of ether oxygens (including phenoxy) is 1. The van der Waals surface area contributed by atoms with Crippen molar-refractivity contribution in [1.82, 2.24) is 14.5 Å². The highest BCUT2D eigenvalue weighted by Gasteiger charge is 2.56. The van der Waals surface area contributed by atoms with Gasteiger partial charge >= 0.3 is 5.96 Å². The summed E-state index contributed by atoms with van der Waals surface area (Å²) in [5, 5.41) is 16.1. The first-order chi connectivity index (χ1) is 16.3. The molecule has 1 saturated carbocycles. The Labute approximate surface area is 195 Å². The van der Waals surface area contributed by atoms with Gasteiger partial charge in [0.25, 0.3) is 5.82 Å². The number of hydrogen-bond acceptors (Lipinski definition) is 6. The maximum atomic E-state index is 14.5. The van der Waals surface area contributed by atoms with Crippen LogP contribution in [0.2, 0.25) is 0 Å². The quantitative estimate of drug-likeness (QED) is 0.463. The van der Waals surface area contributed by atoms with Crippen molar-refractivity contribution in [2.45, 2.75) is 50.3 Å². The summed E-state index contributed by atoms with van der Waals surface area (Å²) in [7, 11) is 3.70. The van der Waals surface area contributed by atoms with Gasteiger partial charge in [-0.1, -0.05) is 0 Å². The third kappa shape index (κ3) is 3.91. The van der Waals surface area contributed by atoms with Crippen LogP contribution in [0, 0.1) is 17.5 Å². The highest BCUT2D eigenvalue weighted by atomic mass is 19.1. The van der Waals surface area contributed by atoms with E-state index >= 15 is 0 Å². The zero-order chi connectivity index (χ0) is 24.0. The van der Waals surface area contributed by atoms with Crippen molar-refractivity contribution in [3.63, 3.8) is 0 Å². The van der Waals surface area contributed by atoms with Crippen molar-refractivity contribution in [2.75, 3.05) is 37.9 Å². The molecule has 2 aromatic rings. The van der Waals surface area contributed by atoms with Gasteiger partial charge in [-0.2, -0.15) is 19.4 Å². The summed E-state index contributed by atoms with van der Waals surface area (Å²) in [4.78, 5) is 9.34. The van der Waals surface area contributed by atoms with E-state index in [9.17, 15) is 18.3 Å². The summed E-state index contributed by atoms with van der Waals surface area (Å²) in [6, 6.07) is 1.42. The number of hydrogen-bond donors (Lipinski definition) is 3. The van der Waals surface area contributed by atoms with Gasteiger partial charge in [-0.3, -0.25) is 0 Å². The Hall–Kier alpha value is -2.76. The number of benzene rings is 1. The van der Waals surface area contributed by atoms with E-state index in [-0.39, 0.29) is 22.7 Å². The molecule has 1 aliphatic carbocycles. The number of nitrogens with one attached hydrogen (secondary N) is 2. The molecule has 1 aromatic carbocycles. The van der Waals surface area contributed by atoms with Crippen LogP contribution in [0.3, 0.4) is 0 Å². The Morgan fingerprint density at radius 1 is 1.12 bits per heavy atom. The summed E-state index contributed by atoms with van der Waals surface area (Å²) in [5.41, 5.74) is 0.274. The zero-order valence-electron chi connectivity index (χ0n) is 19.2. The van der Waals surface area contributed by atoms with Gasteiger partial charge in [0.15, 0.2) is 11.6 Å². The molecule has 2 atom stereocenters. The van der Waals surface area contributed by atoms with Gasteiger partial charge in [0, 0.05) is 24.6 Å². The summed E-state index contributed by atoms with van der Waals surface area (Å²) < 4.78 is 50.1. The number of aromatic nitrogens is 2. The van der Waals surface area contributed by atoms with E-state index in [1.54, 1.807) is 17.8 Å². The lowest BCUT2D eigenvalue weighted by atomic mass is 9.93. The molecule has 8 nitrogen and oxygen atoms in total. The second kappa shape index (κ2) is 8.79. The van der Waals surface area contributed by atoms with Crippen LogP contribution >= 0.6 is 0 Å². The fourth-order valence-corrected chi connectivity index (χ4v) is 5.19. The summed E-state index contributed by atoms with van der Waals surface area (Å²) in [6.07, 6.45) is 5.28. The minimum atomic E-state index is -1.02. The molecule has 2 aliphatic heterocycles. The normalized spacial score (nSPS) is 28.8. The van der Waals surface area contributed by atoms with Crippen molar-refractivity contribution in [3.05, 3.63) is 35.8 Å². The summed E-state index contributed by atoms with van der Waals surface area (Å²) in [6.45, 7) is 1.03. The molecular formula is C23H29F3N6O2+2. The van der Waals surface area contributed by atoms with Crippen LogP contribution in [0.25, 0.3) is 0 Å². The average Bonchev–Trinajstić information content (AvgIpc) is 3.41. The molecule has 3 N–H and O–H groups in total. The number of aliphatic hydroxyl groups excluding tert-OH is 1. The number of quaternary nitrogens is 1. The van der Waals surface area contributed by atoms with Crippen molar-refractivity contribution >= 4 is 29.1 Å². The molecule has 11 heteroatoms.